The molecule has 1 aliphatic heterocycles. The van der Waals surface area contributed by atoms with Gasteiger partial charge in [0.15, 0.2) is 0 Å². The predicted molar refractivity (Wildman–Crippen MR) is 103 cm³/mol. The van der Waals surface area contributed by atoms with Crippen LogP contribution in [0.25, 0.3) is 0 Å². The lowest BCUT2D eigenvalue weighted by atomic mass is 9.83. The zero-order valence-electron chi connectivity index (χ0n) is 15.7. The van der Waals surface area contributed by atoms with E-state index in [0.717, 1.165) is 5.56 Å². The second-order valence-electron chi connectivity index (χ2n) is 7.11. The van der Waals surface area contributed by atoms with E-state index in [1.165, 1.54) is 6.07 Å². The first kappa shape index (κ1) is 19.1. The van der Waals surface area contributed by atoms with Gasteiger partial charge in [-0.1, -0.05) is 30.3 Å². The van der Waals surface area contributed by atoms with Crippen molar-refractivity contribution in [2.24, 2.45) is 5.92 Å². The first-order chi connectivity index (χ1) is 13.0. The Morgan fingerprint density at radius 1 is 1.15 bits per heavy atom. The number of nitrogens with zero attached hydrogens (tertiary/aromatic N) is 1. The second-order valence-corrected chi connectivity index (χ2v) is 7.11. The molecule has 2 atom stereocenters. The van der Waals surface area contributed by atoms with E-state index in [4.69, 9.17) is 0 Å². The fraction of sp³-hybridized carbons (Fsp3) is 0.364. The van der Waals surface area contributed by atoms with E-state index in [-0.39, 0.29) is 29.5 Å². The van der Waals surface area contributed by atoms with E-state index in [0.29, 0.717) is 37.2 Å². The molecule has 4 nitrogen and oxygen atoms in total. The minimum Gasteiger partial charge on any atom is -0.356 e. The molecule has 0 aromatic heterocycles. The number of nitrogens with one attached hydrogen (secondary N) is 1. The molecule has 0 aliphatic carbocycles. The van der Waals surface area contributed by atoms with Gasteiger partial charge in [-0.25, -0.2) is 4.39 Å². The van der Waals surface area contributed by atoms with Gasteiger partial charge in [-0.3, -0.25) is 9.59 Å². The lowest BCUT2D eigenvalue weighted by molar-refractivity contribution is -0.126. The molecule has 2 aromatic rings. The van der Waals surface area contributed by atoms with Crippen LogP contribution < -0.4 is 5.32 Å². The Kier molecular flexibility index (Phi) is 5.89. The van der Waals surface area contributed by atoms with Crippen molar-refractivity contribution in [1.29, 1.82) is 0 Å². The molecule has 0 bridgehead atoms. The van der Waals surface area contributed by atoms with Crippen molar-refractivity contribution >= 4 is 11.8 Å². The van der Waals surface area contributed by atoms with E-state index in [1.807, 2.05) is 31.2 Å². The second kappa shape index (κ2) is 8.33. The molecule has 2 aromatic carbocycles. The van der Waals surface area contributed by atoms with E-state index in [1.54, 1.807) is 30.0 Å². The highest BCUT2D eigenvalue weighted by Gasteiger charge is 2.34. The number of hydrogen-bond donors (Lipinski definition) is 1. The van der Waals surface area contributed by atoms with Crippen LogP contribution in [0.1, 0.15) is 40.7 Å². The Balaban J connectivity index is 1.88. The topological polar surface area (TPSA) is 49.4 Å². The van der Waals surface area contributed by atoms with Gasteiger partial charge in [0.2, 0.25) is 5.91 Å². The SMILES string of the molecule is CCNC(=O)[C@H]1C[C@@H](c2ccc(F)c(C)c2)CN(C(=O)c2ccccc2)C1. The quantitative estimate of drug-likeness (QED) is 0.898. The summed E-state index contributed by atoms with van der Waals surface area (Å²) >= 11 is 0. The minimum atomic E-state index is -0.276. The van der Waals surface area contributed by atoms with Gasteiger partial charge in [-0.05, 0) is 49.6 Å². The number of carbonyl (C=O) groups excluding carboxylic acids is 2. The highest BCUT2D eigenvalue weighted by Crippen LogP contribution is 2.32. The number of rotatable bonds is 4. The molecule has 0 saturated carbocycles. The molecule has 2 amide bonds. The standard InChI is InChI=1S/C22H25FN2O2/c1-3-24-21(26)19-12-18(17-9-10-20(23)15(2)11-17)13-25(14-19)22(27)16-7-5-4-6-8-16/h4-11,18-19H,3,12-14H2,1-2H3,(H,24,26)/t18-,19+/m1/s1. The molecule has 142 valence electrons. The van der Waals surface area contributed by atoms with Crippen LogP contribution in [0.3, 0.4) is 0 Å². The summed E-state index contributed by atoms with van der Waals surface area (Å²) < 4.78 is 13.7. The Bertz CT molecular complexity index is 822. The van der Waals surface area contributed by atoms with Crippen molar-refractivity contribution < 1.29 is 14.0 Å². The minimum absolute atomic E-state index is 0.00156. The molecule has 3 rings (SSSR count). The van der Waals surface area contributed by atoms with Gasteiger partial charge < -0.3 is 10.2 Å². The summed E-state index contributed by atoms with van der Waals surface area (Å²) in [4.78, 5) is 27.2. The van der Waals surface area contributed by atoms with E-state index in [9.17, 15) is 14.0 Å². The maximum atomic E-state index is 13.7. The summed E-state index contributed by atoms with van der Waals surface area (Å²) in [5.74, 6) is -0.632. The molecule has 1 saturated heterocycles. The van der Waals surface area contributed by atoms with Crippen molar-refractivity contribution in [3.8, 4) is 0 Å². The number of likely N-dealkylation sites (tertiary alicyclic amines) is 1. The lowest BCUT2D eigenvalue weighted by Gasteiger charge is -2.37. The van der Waals surface area contributed by atoms with Crippen LogP contribution in [0.4, 0.5) is 4.39 Å². The molecular formula is C22H25FN2O2. The maximum absolute atomic E-state index is 13.7. The zero-order chi connectivity index (χ0) is 19.4. The van der Waals surface area contributed by atoms with Crippen molar-refractivity contribution in [2.75, 3.05) is 19.6 Å². The highest BCUT2D eigenvalue weighted by atomic mass is 19.1. The van der Waals surface area contributed by atoms with Crippen molar-refractivity contribution in [1.82, 2.24) is 10.2 Å². The molecule has 1 fully saturated rings. The average molecular weight is 368 g/mol. The molecule has 5 heteroatoms. The van der Waals surface area contributed by atoms with Gasteiger partial charge >= 0.3 is 0 Å². The largest absolute Gasteiger partial charge is 0.356 e. The summed E-state index contributed by atoms with van der Waals surface area (Å²) in [6.07, 6.45) is 0.648. The predicted octanol–water partition coefficient (Wildman–Crippen LogP) is 3.52. The highest BCUT2D eigenvalue weighted by molar-refractivity contribution is 5.94. The zero-order valence-corrected chi connectivity index (χ0v) is 15.7. The smallest absolute Gasteiger partial charge is 0.253 e. The molecule has 0 unspecified atom stereocenters. The van der Waals surface area contributed by atoms with Crippen LogP contribution in [0.15, 0.2) is 48.5 Å². The molecule has 1 N–H and O–H groups in total. The fourth-order valence-electron chi connectivity index (χ4n) is 3.70. The lowest BCUT2D eigenvalue weighted by Crippen LogP contribution is -2.48. The summed E-state index contributed by atoms with van der Waals surface area (Å²) in [5.41, 5.74) is 2.16. The van der Waals surface area contributed by atoms with Crippen LogP contribution in [0, 0.1) is 18.7 Å². The first-order valence-corrected chi connectivity index (χ1v) is 9.37. The van der Waals surface area contributed by atoms with Crippen LogP contribution in [0.5, 0.6) is 0 Å². The average Bonchev–Trinajstić information content (AvgIpc) is 2.70. The van der Waals surface area contributed by atoms with Crippen LogP contribution in [-0.2, 0) is 4.79 Å². The van der Waals surface area contributed by atoms with E-state index >= 15 is 0 Å². The van der Waals surface area contributed by atoms with Crippen molar-refractivity contribution in [3.63, 3.8) is 0 Å². The number of aryl methyl sites for hydroxylation is 1. The molecule has 0 spiro atoms. The Morgan fingerprint density at radius 2 is 1.89 bits per heavy atom. The van der Waals surface area contributed by atoms with Crippen molar-refractivity contribution in [3.05, 3.63) is 71.0 Å². The number of hydrogen-bond acceptors (Lipinski definition) is 2. The third-order valence-corrected chi connectivity index (χ3v) is 5.13. The third-order valence-electron chi connectivity index (χ3n) is 5.13. The van der Waals surface area contributed by atoms with E-state index in [2.05, 4.69) is 5.32 Å². The van der Waals surface area contributed by atoms with Gasteiger partial charge in [-0.15, -0.1) is 0 Å². The number of halogens is 1. The van der Waals surface area contributed by atoms with Gasteiger partial charge in [0, 0.05) is 31.1 Å². The monoisotopic (exact) mass is 368 g/mol. The first-order valence-electron chi connectivity index (χ1n) is 9.37. The Hall–Kier alpha value is -2.69. The molecule has 27 heavy (non-hydrogen) atoms. The maximum Gasteiger partial charge on any atom is 0.253 e. The van der Waals surface area contributed by atoms with Crippen LogP contribution in [-0.4, -0.2) is 36.3 Å². The molecule has 0 radical (unpaired) electrons. The fourth-order valence-corrected chi connectivity index (χ4v) is 3.70. The van der Waals surface area contributed by atoms with E-state index < -0.39 is 0 Å². The third kappa shape index (κ3) is 4.35. The number of amides is 2. The van der Waals surface area contributed by atoms with Gasteiger partial charge in [0.1, 0.15) is 5.82 Å². The van der Waals surface area contributed by atoms with Crippen molar-refractivity contribution in [2.45, 2.75) is 26.2 Å². The van der Waals surface area contributed by atoms with Crippen LogP contribution in [0.2, 0.25) is 0 Å². The number of piperidine rings is 1. The summed E-state index contributed by atoms with van der Waals surface area (Å²) in [6.45, 7) is 5.09. The van der Waals surface area contributed by atoms with Gasteiger partial charge in [-0.2, -0.15) is 0 Å². The Labute approximate surface area is 159 Å². The summed E-state index contributed by atoms with van der Waals surface area (Å²) in [6, 6.07) is 14.2. The van der Waals surface area contributed by atoms with Gasteiger partial charge in [0.25, 0.3) is 5.91 Å². The molecule has 1 heterocycles. The van der Waals surface area contributed by atoms with Gasteiger partial charge in [0.05, 0.1) is 5.92 Å². The normalized spacial score (nSPS) is 19.6. The summed E-state index contributed by atoms with van der Waals surface area (Å²) in [7, 11) is 0. The van der Waals surface area contributed by atoms with Crippen LogP contribution >= 0.6 is 0 Å². The molecular weight excluding hydrogens is 343 g/mol. The molecule has 1 aliphatic rings. The Morgan fingerprint density at radius 3 is 2.56 bits per heavy atom. The summed E-state index contributed by atoms with van der Waals surface area (Å²) in [5, 5.41) is 2.87. The number of benzene rings is 2. The number of carbonyl (C=O) groups is 2.